The lowest BCUT2D eigenvalue weighted by atomic mass is 10.0. The number of ether oxygens (including phenoxy) is 1. The van der Waals surface area contributed by atoms with Crippen LogP contribution in [0, 0.1) is 5.92 Å². The van der Waals surface area contributed by atoms with Crippen molar-refractivity contribution in [2.75, 3.05) is 19.8 Å². The van der Waals surface area contributed by atoms with Gasteiger partial charge in [-0.05, 0) is 18.8 Å². The second kappa shape index (κ2) is 6.34. The van der Waals surface area contributed by atoms with E-state index in [2.05, 4.69) is 33.1 Å². The molecule has 1 amide bonds. The molecule has 1 aliphatic rings. The summed E-state index contributed by atoms with van der Waals surface area (Å²) in [5.41, 5.74) is 0.365. The number of aromatic nitrogens is 1. The predicted octanol–water partition coefficient (Wildman–Crippen LogP) is 1.77. The third-order valence-corrected chi connectivity index (χ3v) is 3.57. The molecular weight excluding hydrogens is 335 g/mol. The Bertz CT molecular complexity index is 375. The number of nitrogens with one attached hydrogen (secondary N) is 1. The molecule has 17 heavy (non-hydrogen) atoms. The molecule has 0 spiro atoms. The maximum absolute atomic E-state index is 11.7. The minimum atomic E-state index is -0.156. The van der Waals surface area contributed by atoms with Crippen molar-refractivity contribution < 1.29 is 14.1 Å². The molecule has 1 N–H and O–H groups in total. The lowest BCUT2D eigenvalue weighted by molar-refractivity contribution is 0.0641. The summed E-state index contributed by atoms with van der Waals surface area (Å²) in [5.74, 6) is 1.09. The fraction of sp³-hybridized carbons (Fsp3) is 0.636. The first kappa shape index (κ1) is 12.8. The van der Waals surface area contributed by atoms with Crippen molar-refractivity contribution >= 4 is 28.5 Å². The quantitative estimate of drug-likeness (QED) is 0.664. The highest BCUT2D eigenvalue weighted by Crippen LogP contribution is 2.13. The van der Waals surface area contributed by atoms with Crippen LogP contribution in [0.2, 0.25) is 0 Å². The van der Waals surface area contributed by atoms with Crippen molar-refractivity contribution in [3.63, 3.8) is 0 Å². The summed E-state index contributed by atoms with van der Waals surface area (Å²) in [7, 11) is 0. The van der Waals surface area contributed by atoms with Crippen molar-refractivity contribution in [1.29, 1.82) is 0 Å². The molecule has 1 aliphatic heterocycles. The van der Waals surface area contributed by atoms with Gasteiger partial charge in [-0.3, -0.25) is 4.79 Å². The number of amides is 1. The summed E-state index contributed by atoms with van der Waals surface area (Å²) in [6.07, 6.45) is 2.02. The first-order valence-corrected chi connectivity index (χ1v) is 7.19. The topological polar surface area (TPSA) is 64.4 Å². The van der Waals surface area contributed by atoms with Crippen LogP contribution in [0.3, 0.4) is 0 Å². The molecule has 1 aromatic rings. The van der Waals surface area contributed by atoms with Crippen molar-refractivity contribution in [3.8, 4) is 0 Å². The molecule has 1 saturated heterocycles. The van der Waals surface area contributed by atoms with Crippen molar-refractivity contribution in [1.82, 2.24) is 10.5 Å². The van der Waals surface area contributed by atoms with E-state index in [1.165, 1.54) is 0 Å². The highest BCUT2D eigenvalue weighted by Gasteiger charge is 2.17. The minimum absolute atomic E-state index is 0.156. The highest BCUT2D eigenvalue weighted by molar-refractivity contribution is 14.1. The van der Waals surface area contributed by atoms with E-state index in [0.717, 1.165) is 36.2 Å². The number of carbonyl (C=O) groups excluding carboxylic acids is 1. The summed E-state index contributed by atoms with van der Waals surface area (Å²) in [5, 5.41) is 6.62. The maximum Gasteiger partial charge on any atom is 0.273 e. The Morgan fingerprint density at radius 2 is 2.29 bits per heavy atom. The highest BCUT2D eigenvalue weighted by atomic mass is 127. The predicted molar refractivity (Wildman–Crippen MR) is 70.1 cm³/mol. The van der Waals surface area contributed by atoms with E-state index in [9.17, 15) is 4.79 Å². The van der Waals surface area contributed by atoms with Gasteiger partial charge < -0.3 is 14.6 Å². The monoisotopic (exact) mass is 350 g/mol. The first-order chi connectivity index (χ1) is 8.29. The second-order valence-electron chi connectivity index (χ2n) is 4.08. The van der Waals surface area contributed by atoms with Gasteiger partial charge in [-0.25, -0.2) is 0 Å². The molecule has 2 heterocycles. The van der Waals surface area contributed by atoms with Crippen LogP contribution in [-0.4, -0.2) is 30.8 Å². The summed E-state index contributed by atoms with van der Waals surface area (Å²) in [6.45, 7) is 2.28. The molecular formula is C11H15IN2O3. The van der Waals surface area contributed by atoms with Crippen molar-refractivity contribution in [2.45, 2.75) is 17.3 Å². The van der Waals surface area contributed by atoms with E-state index >= 15 is 0 Å². The molecule has 94 valence electrons. The summed E-state index contributed by atoms with van der Waals surface area (Å²) < 4.78 is 11.0. The molecule has 0 unspecified atom stereocenters. The summed E-state index contributed by atoms with van der Waals surface area (Å²) >= 11 is 2.17. The number of alkyl halides is 1. The third-order valence-electron chi connectivity index (χ3n) is 2.82. The van der Waals surface area contributed by atoms with Crippen LogP contribution in [0.1, 0.15) is 29.1 Å². The van der Waals surface area contributed by atoms with Gasteiger partial charge in [0.25, 0.3) is 5.91 Å². The number of carbonyl (C=O) groups is 1. The van der Waals surface area contributed by atoms with Gasteiger partial charge in [0.1, 0.15) is 5.76 Å². The average Bonchev–Trinajstić information content (AvgIpc) is 2.86. The average molecular weight is 350 g/mol. The number of hydrogen-bond acceptors (Lipinski definition) is 4. The molecule has 0 aliphatic carbocycles. The molecule has 0 atom stereocenters. The molecule has 0 radical (unpaired) electrons. The van der Waals surface area contributed by atoms with Crippen LogP contribution in [0.15, 0.2) is 10.6 Å². The number of hydrogen-bond donors (Lipinski definition) is 1. The van der Waals surface area contributed by atoms with Crippen LogP contribution in [0.5, 0.6) is 0 Å². The zero-order chi connectivity index (χ0) is 12.1. The van der Waals surface area contributed by atoms with E-state index < -0.39 is 0 Å². The number of rotatable bonds is 4. The fourth-order valence-corrected chi connectivity index (χ4v) is 2.12. The Morgan fingerprint density at radius 1 is 1.53 bits per heavy atom. The van der Waals surface area contributed by atoms with Gasteiger partial charge in [-0.1, -0.05) is 27.7 Å². The zero-order valence-corrected chi connectivity index (χ0v) is 11.6. The second-order valence-corrected chi connectivity index (χ2v) is 4.84. The first-order valence-electron chi connectivity index (χ1n) is 5.67. The largest absolute Gasteiger partial charge is 0.381 e. The Labute approximate surface area is 113 Å². The maximum atomic E-state index is 11.7. The Balaban J connectivity index is 1.80. The summed E-state index contributed by atoms with van der Waals surface area (Å²) in [4.78, 5) is 11.7. The van der Waals surface area contributed by atoms with Gasteiger partial charge in [0.05, 0.1) is 4.43 Å². The van der Waals surface area contributed by atoms with Crippen LogP contribution < -0.4 is 5.32 Å². The van der Waals surface area contributed by atoms with Crippen LogP contribution in [0.25, 0.3) is 0 Å². The van der Waals surface area contributed by atoms with Gasteiger partial charge in [0.2, 0.25) is 0 Å². The Hall–Kier alpha value is -0.630. The number of halogens is 1. The third kappa shape index (κ3) is 3.67. The van der Waals surface area contributed by atoms with E-state index in [0.29, 0.717) is 18.2 Å². The molecule has 6 heteroatoms. The smallest absolute Gasteiger partial charge is 0.273 e. The SMILES string of the molecule is O=C(NCC1CCOCC1)c1cc(CI)on1. The van der Waals surface area contributed by atoms with E-state index in [4.69, 9.17) is 9.26 Å². The Morgan fingerprint density at radius 3 is 2.94 bits per heavy atom. The normalized spacial score (nSPS) is 17.0. The van der Waals surface area contributed by atoms with Gasteiger partial charge in [-0.15, -0.1) is 0 Å². The minimum Gasteiger partial charge on any atom is -0.381 e. The molecule has 1 aromatic heterocycles. The standard InChI is InChI=1S/C11H15IN2O3/c12-6-9-5-10(14-17-9)11(15)13-7-8-1-3-16-4-2-8/h5,8H,1-4,6-7H2,(H,13,15). The van der Waals surface area contributed by atoms with Gasteiger partial charge in [0.15, 0.2) is 5.69 Å². The van der Waals surface area contributed by atoms with Crippen LogP contribution >= 0.6 is 22.6 Å². The summed E-state index contributed by atoms with van der Waals surface area (Å²) in [6, 6.07) is 1.69. The molecule has 5 nitrogen and oxygen atoms in total. The van der Waals surface area contributed by atoms with Crippen molar-refractivity contribution in [2.24, 2.45) is 5.92 Å². The van der Waals surface area contributed by atoms with E-state index in [1.54, 1.807) is 6.07 Å². The van der Waals surface area contributed by atoms with Crippen LogP contribution in [0.4, 0.5) is 0 Å². The van der Waals surface area contributed by atoms with E-state index in [1.807, 2.05) is 0 Å². The number of nitrogens with zero attached hydrogens (tertiary/aromatic N) is 1. The van der Waals surface area contributed by atoms with Gasteiger partial charge in [-0.2, -0.15) is 0 Å². The molecule has 0 bridgehead atoms. The van der Waals surface area contributed by atoms with Gasteiger partial charge >= 0.3 is 0 Å². The van der Waals surface area contributed by atoms with Crippen molar-refractivity contribution in [3.05, 3.63) is 17.5 Å². The fourth-order valence-electron chi connectivity index (χ4n) is 1.76. The lowest BCUT2D eigenvalue weighted by Crippen LogP contribution is -2.32. The zero-order valence-electron chi connectivity index (χ0n) is 9.45. The Kier molecular flexibility index (Phi) is 4.78. The van der Waals surface area contributed by atoms with E-state index in [-0.39, 0.29) is 5.91 Å². The molecule has 2 rings (SSSR count). The molecule has 0 aromatic carbocycles. The van der Waals surface area contributed by atoms with Gasteiger partial charge in [0, 0.05) is 25.8 Å². The molecule has 1 fully saturated rings. The molecule has 0 saturated carbocycles. The lowest BCUT2D eigenvalue weighted by Gasteiger charge is -2.21. The van der Waals surface area contributed by atoms with Crippen LogP contribution in [-0.2, 0) is 9.16 Å².